The molecule has 3 heterocycles. The van der Waals surface area contributed by atoms with Crippen molar-refractivity contribution in [3.63, 3.8) is 0 Å². The Hall–Kier alpha value is -4.62. The fourth-order valence-corrected chi connectivity index (χ4v) is 4.73. The quantitative estimate of drug-likeness (QED) is 0.291. The summed E-state index contributed by atoms with van der Waals surface area (Å²) in [4.78, 5) is 4.92. The Morgan fingerprint density at radius 2 is 1.50 bits per heavy atom. The normalized spacial score (nSPS) is 11.7. The van der Waals surface area contributed by atoms with E-state index in [4.69, 9.17) is 14.7 Å². The van der Waals surface area contributed by atoms with Crippen molar-refractivity contribution in [2.45, 2.75) is 0 Å². The molecule has 0 N–H and O–H groups in total. The van der Waals surface area contributed by atoms with E-state index in [1.54, 1.807) is 0 Å². The van der Waals surface area contributed by atoms with Crippen LogP contribution in [0.15, 0.2) is 95.4 Å². The SMILES string of the molecule is N#Cc1ccc(-c2ccc3oc4c(c3c2)c2ccccc2c2nc3ccccc3n24)cc1. The zero-order valence-electron chi connectivity index (χ0n) is 16.9. The topological polar surface area (TPSA) is 54.2 Å². The molecule has 7 rings (SSSR count). The van der Waals surface area contributed by atoms with E-state index in [9.17, 15) is 0 Å². The zero-order chi connectivity index (χ0) is 21.2. The summed E-state index contributed by atoms with van der Waals surface area (Å²) in [7, 11) is 0. The van der Waals surface area contributed by atoms with E-state index in [0.29, 0.717) is 5.56 Å². The number of benzene rings is 4. The highest BCUT2D eigenvalue weighted by Gasteiger charge is 2.19. The van der Waals surface area contributed by atoms with Gasteiger partial charge in [-0.1, -0.05) is 54.6 Å². The van der Waals surface area contributed by atoms with Crippen molar-refractivity contribution in [3.05, 3.63) is 96.6 Å². The maximum Gasteiger partial charge on any atom is 0.215 e. The largest absolute Gasteiger partial charge is 0.439 e. The lowest BCUT2D eigenvalue weighted by Gasteiger charge is -2.05. The molecule has 4 aromatic carbocycles. The third-order valence-corrected chi connectivity index (χ3v) is 6.22. The van der Waals surface area contributed by atoms with Crippen molar-refractivity contribution >= 4 is 49.5 Å². The van der Waals surface area contributed by atoms with Gasteiger partial charge in [0.2, 0.25) is 5.71 Å². The van der Waals surface area contributed by atoms with Crippen LogP contribution >= 0.6 is 0 Å². The minimum Gasteiger partial charge on any atom is -0.439 e. The lowest BCUT2D eigenvalue weighted by Crippen LogP contribution is -1.88. The number of fused-ring (bicyclic) bond motifs is 10. The number of hydrogen-bond acceptors (Lipinski definition) is 3. The van der Waals surface area contributed by atoms with Gasteiger partial charge in [0.1, 0.15) is 11.2 Å². The summed E-state index contributed by atoms with van der Waals surface area (Å²) in [6.45, 7) is 0. The Balaban J connectivity index is 1.65. The predicted molar refractivity (Wildman–Crippen MR) is 128 cm³/mol. The van der Waals surface area contributed by atoms with Crippen LogP contribution < -0.4 is 0 Å². The van der Waals surface area contributed by atoms with Gasteiger partial charge in [0.05, 0.1) is 28.1 Å². The van der Waals surface area contributed by atoms with Crippen LogP contribution in [-0.4, -0.2) is 9.38 Å². The summed E-state index contributed by atoms with van der Waals surface area (Å²) in [6.07, 6.45) is 0. The number of nitrogens with zero attached hydrogens (tertiary/aromatic N) is 3. The van der Waals surface area contributed by atoms with Crippen molar-refractivity contribution < 1.29 is 4.42 Å². The number of aromatic nitrogens is 2. The molecule has 0 fully saturated rings. The highest BCUT2D eigenvalue weighted by molar-refractivity contribution is 6.22. The lowest BCUT2D eigenvalue weighted by molar-refractivity contribution is 0.650. The summed E-state index contributed by atoms with van der Waals surface area (Å²) >= 11 is 0. The van der Waals surface area contributed by atoms with Gasteiger partial charge in [-0.25, -0.2) is 4.98 Å². The van der Waals surface area contributed by atoms with Crippen molar-refractivity contribution in [2.24, 2.45) is 0 Å². The minimum atomic E-state index is 0.656. The molecule has 0 saturated carbocycles. The van der Waals surface area contributed by atoms with E-state index in [1.165, 1.54) is 0 Å². The van der Waals surface area contributed by atoms with Crippen LogP contribution in [0.5, 0.6) is 0 Å². The van der Waals surface area contributed by atoms with Gasteiger partial charge in [0.25, 0.3) is 0 Å². The van der Waals surface area contributed by atoms with Gasteiger partial charge in [-0.2, -0.15) is 5.26 Å². The molecule has 4 heteroatoms. The maximum absolute atomic E-state index is 9.11. The summed E-state index contributed by atoms with van der Waals surface area (Å²) < 4.78 is 8.58. The number of furan rings is 1. The third-order valence-electron chi connectivity index (χ3n) is 6.22. The van der Waals surface area contributed by atoms with E-state index >= 15 is 0 Å². The average molecular weight is 409 g/mol. The standard InChI is InChI=1S/C28H15N3O/c29-16-17-9-11-18(12-10-17)19-13-14-25-22(15-19)26-20-5-1-2-6-21(20)27-30-23-7-3-4-8-24(23)31(27)28(26)32-25/h1-15H. The van der Waals surface area contributed by atoms with Gasteiger partial charge in [-0.15, -0.1) is 0 Å². The molecule has 0 aliphatic rings. The number of imidazole rings is 1. The first-order valence-corrected chi connectivity index (χ1v) is 10.5. The van der Waals surface area contributed by atoms with Gasteiger partial charge >= 0.3 is 0 Å². The molecule has 0 unspecified atom stereocenters. The molecular formula is C28H15N3O. The van der Waals surface area contributed by atoms with Crippen molar-refractivity contribution in [1.82, 2.24) is 9.38 Å². The number of nitriles is 1. The van der Waals surface area contributed by atoms with Crippen molar-refractivity contribution in [1.29, 1.82) is 5.26 Å². The summed E-state index contributed by atoms with van der Waals surface area (Å²) in [5.74, 6) is 0. The van der Waals surface area contributed by atoms with E-state index in [0.717, 1.165) is 60.6 Å². The molecule has 0 atom stereocenters. The number of rotatable bonds is 1. The number of pyridine rings is 1. The first-order valence-electron chi connectivity index (χ1n) is 10.5. The van der Waals surface area contributed by atoms with Crippen LogP contribution in [0.3, 0.4) is 0 Å². The predicted octanol–water partition coefficient (Wildman–Crippen LogP) is 7.08. The van der Waals surface area contributed by atoms with Crippen molar-refractivity contribution in [3.8, 4) is 17.2 Å². The molecule has 0 amide bonds. The van der Waals surface area contributed by atoms with E-state index in [-0.39, 0.29) is 0 Å². The van der Waals surface area contributed by atoms with Gasteiger partial charge in [-0.3, -0.25) is 4.40 Å². The van der Waals surface area contributed by atoms with E-state index in [2.05, 4.69) is 52.9 Å². The molecule has 148 valence electrons. The highest BCUT2D eigenvalue weighted by atomic mass is 16.3. The van der Waals surface area contributed by atoms with E-state index < -0.39 is 0 Å². The van der Waals surface area contributed by atoms with Crippen molar-refractivity contribution in [2.75, 3.05) is 0 Å². The average Bonchev–Trinajstić information content (AvgIpc) is 3.43. The summed E-state index contributed by atoms with van der Waals surface area (Å²) in [5.41, 5.74) is 7.34. The summed E-state index contributed by atoms with van der Waals surface area (Å²) in [6, 6.07) is 32.7. The van der Waals surface area contributed by atoms with Crippen LogP contribution in [0, 0.1) is 11.3 Å². The Morgan fingerprint density at radius 1 is 0.750 bits per heavy atom. The van der Waals surface area contributed by atoms with Crippen LogP contribution in [0.25, 0.3) is 60.6 Å². The Bertz CT molecular complexity index is 1880. The molecule has 0 aliphatic heterocycles. The minimum absolute atomic E-state index is 0.656. The van der Waals surface area contributed by atoms with Crippen LogP contribution in [0.2, 0.25) is 0 Å². The molecule has 0 radical (unpaired) electrons. The second-order valence-electron chi connectivity index (χ2n) is 7.99. The second-order valence-corrected chi connectivity index (χ2v) is 7.99. The Labute approximate surface area is 182 Å². The molecular weight excluding hydrogens is 394 g/mol. The third kappa shape index (κ3) is 2.22. The lowest BCUT2D eigenvalue weighted by atomic mass is 10.0. The van der Waals surface area contributed by atoms with E-state index in [1.807, 2.05) is 48.5 Å². The monoisotopic (exact) mass is 409 g/mol. The maximum atomic E-state index is 9.11. The molecule has 7 aromatic rings. The molecule has 0 aliphatic carbocycles. The Kier molecular flexibility index (Phi) is 3.31. The first-order chi connectivity index (χ1) is 15.8. The highest BCUT2D eigenvalue weighted by Crippen LogP contribution is 2.39. The molecule has 0 spiro atoms. The molecule has 0 saturated heterocycles. The number of para-hydroxylation sites is 2. The molecule has 3 aromatic heterocycles. The fraction of sp³-hybridized carbons (Fsp3) is 0. The fourth-order valence-electron chi connectivity index (χ4n) is 4.73. The van der Waals surface area contributed by atoms with Gasteiger partial charge in [0.15, 0.2) is 0 Å². The van der Waals surface area contributed by atoms with Gasteiger partial charge < -0.3 is 4.42 Å². The molecule has 4 nitrogen and oxygen atoms in total. The summed E-state index contributed by atoms with van der Waals surface area (Å²) in [5, 5.41) is 13.5. The molecule has 0 bridgehead atoms. The second kappa shape index (κ2) is 6.19. The van der Waals surface area contributed by atoms with Gasteiger partial charge in [0, 0.05) is 10.8 Å². The van der Waals surface area contributed by atoms with Crippen LogP contribution in [-0.2, 0) is 0 Å². The smallest absolute Gasteiger partial charge is 0.215 e. The van der Waals surface area contributed by atoms with Crippen LogP contribution in [0.1, 0.15) is 5.56 Å². The first kappa shape index (κ1) is 17.1. The zero-order valence-corrected chi connectivity index (χ0v) is 16.9. The van der Waals surface area contributed by atoms with Gasteiger partial charge in [-0.05, 0) is 52.9 Å². The Morgan fingerprint density at radius 3 is 2.34 bits per heavy atom. The molecule has 32 heavy (non-hydrogen) atoms. The number of hydrogen-bond donors (Lipinski definition) is 0. The van der Waals surface area contributed by atoms with Crippen LogP contribution in [0.4, 0.5) is 0 Å².